The third-order valence-corrected chi connectivity index (χ3v) is 3.78. The lowest BCUT2D eigenvalue weighted by Crippen LogP contribution is -2.07. The number of halogens is 1. The van der Waals surface area contributed by atoms with Crippen molar-refractivity contribution >= 4 is 5.82 Å². The van der Waals surface area contributed by atoms with Gasteiger partial charge in [0.15, 0.2) is 0 Å². The van der Waals surface area contributed by atoms with Crippen molar-refractivity contribution in [3.63, 3.8) is 0 Å². The summed E-state index contributed by atoms with van der Waals surface area (Å²) in [5, 5.41) is 8.25. The predicted octanol–water partition coefficient (Wildman–Crippen LogP) is 3.88. The van der Waals surface area contributed by atoms with Gasteiger partial charge in [0.1, 0.15) is 11.6 Å². The van der Waals surface area contributed by atoms with E-state index in [0.717, 1.165) is 30.2 Å². The molecule has 0 spiro atoms. The molecule has 3 nitrogen and oxygen atoms in total. The Morgan fingerprint density at radius 1 is 1.20 bits per heavy atom. The molecule has 1 aliphatic heterocycles. The Morgan fingerprint density at radius 3 is 2.65 bits per heavy atom. The highest BCUT2D eigenvalue weighted by molar-refractivity contribution is 5.54. The zero-order chi connectivity index (χ0) is 14.1. The van der Waals surface area contributed by atoms with Crippen LogP contribution in [0.15, 0.2) is 24.3 Å². The van der Waals surface area contributed by atoms with Gasteiger partial charge in [-0.2, -0.15) is 5.10 Å². The van der Waals surface area contributed by atoms with Crippen molar-refractivity contribution in [1.29, 1.82) is 0 Å². The standard InChI is InChI=1S/C16H20FN3/c1-11(2)15-14-5-3-4-10-18-16(14)20(19-15)13-8-6-12(17)7-9-13/h6-9,11,18H,3-5,10H2,1-2H3. The molecule has 0 saturated heterocycles. The minimum atomic E-state index is -0.218. The third-order valence-electron chi connectivity index (χ3n) is 3.78. The summed E-state index contributed by atoms with van der Waals surface area (Å²) in [6, 6.07) is 6.52. The largest absolute Gasteiger partial charge is 0.370 e. The van der Waals surface area contributed by atoms with E-state index in [2.05, 4.69) is 19.2 Å². The molecule has 4 heteroatoms. The van der Waals surface area contributed by atoms with E-state index < -0.39 is 0 Å². The molecule has 1 N–H and O–H groups in total. The first kappa shape index (κ1) is 13.2. The minimum absolute atomic E-state index is 0.218. The number of rotatable bonds is 2. The summed E-state index contributed by atoms with van der Waals surface area (Å²) in [5.74, 6) is 1.26. The Balaban J connectivity index is 2.13. The molecule has 1 aliphatic rings. The van der Waals surface area contributed by atoms with Crippen LogP contribution in [-0.2, 0) is 6.42 Å². The highest BCUT2D eigenvalue weighted by Gasteiger charge is 2.21. The maximum Gasteiger partial charge on any atom is 0.133 e. The summed E-state index contributed by atoms with van der Waals surface area (Å²) < 4.78 is 15.0. The molecule has 1 aromatic heterocycles. The van der Waals surface area contributed by atoms with Crippen molar-refractivity contribution in [2.24, 2.45) is 0 Å². The molecular formula is C16H20FN3. The Hall–Kier alpha value is -1.84. The maximum atomic E-state index is 13.1. The van der Waals surface area contributed by atoms with E-state index in [-0.39, 0.29) is 5.82 Å². The fourth-order valence-corrected chi connectivity index (χ4v) is 2.76. The van der Waals surface area contributed by atoms with Crippen LogP contribution in [0.5, 0.6) is 0 Å². The van der Waals surface area contributed by atoms with Crippen molar-refractivity contribution in [3.8, 4) is 5.69 Å². The number of nitrogens with one attached hydrogen (secondary N) is 1. The number of hydrogen-bond acceptors (Lipinski definition) is 2. The average molecular weight is 273 g/mol. The highest BCUT2D eigenvalue weighted by atomic mass is 19.1. The van der Waals surface area contributed by atoms with Crippen LogP contribution in [0, 0.1) is 5.82 Å². The first-order valence-electron chi connectivity index (χ1n) is 7.28. The SMILES string of the molecule is CC(C)c1nn(-c2ccc(F)cc2)c2c1CCCCN2. The lowest BCUT2D eigenvalue weighted by Gasteiger charge is -2.09. The van der Waals surface area contributed by atoms with Crippen LogP contribution in [0.3, 0.4) is 0 Å². The van der Waals surface area contributed by atoms with Crippen LogP contribution in [0.4, 0.5) is 10.2 Å². The first-order chi connectivity index (χ1) is 9.66. The molecule has 106 valence electrons. The Morgan fingerprint density at radius 2 is 1.95 bits per heavy atom. The molecule has 0 amide bonds. The Bertz CT molecular complexity index is 599. The van der Waals surface area contributed by atoms with Crippen molar-refractivity contribution in [3.05, 3.63) is 41.3 Å². The van der Waals surface area contributed by atoms with Gasteiger partial charge in [-0.15, -0.1) is 0 Å². The van der Waals surface area contributed by atoms with Gasteiger partial charge in [-0.3, -0.25) is 0 Å². The molecule has 2 aromatic rings. The molecule has 2 heterocycles. The van der Waals surface area contributed by atoms with E-state index in [1.807, 2.05) is 4.68 Å². The Labute approximate surface area is 118 Å². The van der Waals surface area contributed by atoms with Gasteiger partial charge >= 0.3 is 0 Å². The van der Waals surface area contributed by atoms with Crippen LogP contribution in [0.1, 0.15) is 43.9 Å². The van der Waals surface area contributed by atoms with Crippen LogP contribution >= 0.6 is 0 Å². The quantitative estimate of drug-likeness (QED) is 0.899. The molecule has 0 fully saturated rings. The third kappa shape index (κ3) is 2.30. The van der Waals surface area contributed by atoms with Crippen LogP contribution in [0.2, 0.25) is 0 Å². The van der Waals surface area contributed by atoms with Crippen LogP contribution in [-0.4, -0.2) is 16.3 Å². The normalized spacial score (nSPS) is 14.8. The first-order valence-corrected chi connectivity index (χ1v) is 7.28. The second-order valence-corrected chi connectivity index (χ2v) is 5.64. The van der Waals surface area contributed by atoms with Crippen LogP contribution in [0.25, 0.3) is 5.69 Å². The molecule has 1 aromatic carbocycles. The topological polar surface area (TPSA) is 29.9 Å². The second kappa shape index (κ2) is 5.27. The summed E-state index contributed by atoms with van der Waals surface area (Å²) >= 11 is 0. The lowest BCUT2D eigenvalue weighted by molar-refractivity contribution is 0.627. The molecular weight excluding hydrogens is 253 g/mol. The molecule has 0 atom stereocenters. The van der Waals surface area contributed by atoms with E-state index in [4.69, 9.17) is 5.10 Å². The fraction of sp³-hybridized carbons (Fsp3) is 0.438. The Kier molecular flexibility index (Phi) is 3.47. The molecule has 0 unspecified atom stereocenters. The van der Waals surface area contributed by atoms with E-state index in [9.17, 15) is 4.39 Å². The second-order valence-electron chi connectivity index (χ2n) is 5.64. The molecule has 3 rings (SSSR count). The fourth-order valence-electron chi connectivity index (χ4n) is 2.76. The number of fused-ring (bicyclic) bond motifs is 1. The summed E-state index contributed by atoms with van der Waals surface area (Å²) in [6.07, 6.45) is 3.43. The number of aromatic nitrogens is 2. The van der Waals surface area contributed by atoms with E-state index in [1.54, 1.807) is 12.1 Å². The van der Waals surface area contributed by atoms with Gasteiger partial charge in [0, 0.05) is 12.1 Å². The molecule has 0 radical (unpaired) electrons. The summed E-state index contributed by atoms with van der Waals surface area (Å²) in [6.45, 7) is 5.31. The maximum absolute atomic E-state index is 13.1. The number of nitrogens with zero attached hydrogens (tertiary/aromatic N) is 2. The summed E-state index contributed by atoms with van der Waals surface area (Å²) in [4.78, 5) is 0. The summed E-state index contributed by atoms with van der Waals surface area (Å²) in [7, 11) is 0. The monoisotopic (exact) mass is 273 g/mol. The zero-order valence-corrected chi connectivity index (χ0v) is 12.0. The molecule has 0 aliphatic carbocycles. The van der Waals surface area contributed by atoms with Gasteiger partial charge in [-0.25, -0.2) is 9.07 Å². The van der Waals surface area contributed by atoms with Gasteiger partial charge in [0.05, 0.1) is 11.4 Å². The van der Waals surface area contributed by atoms with Crippen molar-refractivity contribution in [2.45, 2.75) is 39.0 Å². The highest BCUT2D eigenvalue weighted by Crippen LogP contribution is 2.31. The van der Waals surface area contributed by atoms with Crippen molar-refractivity contribution in [1.82, 2.24) is 9.78 Å². The number of hydrogen-bond donors (Lipinski definition) is 1. The van der Waals surface area contributed by atoms with E-state index in [0.29, 0.717) is 5.92 Å². The number of anilines is 1. The van der Waals surface area contributed by atoms with E-state index >= 15 is 0 Å². The lowest BCUT2D eigenvalue weighted by atomic mass is 10.0. The van der Waals surface area contributed by atoms with Crippen LogP contribution < -0.4 is 5.32 Å². The predicted molar refractivity (Wildman–Crippen MR) is 79.0 cm³/mol. The summed E-state index contributed by atoms with van der Waals surface area (Å²) in [5.41, 5.74) is 3.38. The van der Waals surface area contributed by atoms with Gasteiger partial charge in [-0.1, -0.05) is 13.8 Å². The van der Waals surface area contributed by atoms with Gasteiger partial charge in [0.25, 0.3) is 0 Å². The molecule has 0 bridgehead atoms. The van der Waals surface area contributed by atoms with E-state index in [1.165, 1.54) is 30.5 Å². The molecule has 20 heavy (non-hydrogen) atoms. The average Bonchev–Trinajstić information content (AvgIpc) is 2.63. The van der Waals surface area contributed by atoms with Gasteiger partial charge < -0.3 is 5.32 Å². The van der Waals surface area contributed by atoms with Crippen molar-refractivity contribution in [2.75, 3.05) is 11.9 Å². The molecule has 0 saturated carbocycles. The van der Waals surface area contributed by atoms with Crippen molar-refractivity contribution < 1.29 is 4.39 Å². The van der Waals surface area contributed by atoms with Gasteiger partial charge in [-0.05, 0) is 49.4 Å². The zero-order valence-electron chi connectivity index (χ0n) is 12.0. The minimum Gasteiger partial charge on any atom is -0.370 e. The number of benzene rings is 1. The van der Waals surface area contributed by atoms with Gasteiger partial charge in [0.2, 0.25) is 0 Å². The smallest absolute Gasteiger partial charge is 0.133 e.